The standard InChI is InChI=1S/C8H4BrClN2/c9-7-4-11-6-3-1-2-5(10)8(6)12-7/h1-4H. The summed E-state index contributed by atoms with van der Waals surface area (Å²) in [6, 6.07) is 5.53. The number of halogens is 2. The highest BCUT2D eigenvalue weighted by atomic mass is 79.9. The second kappa shape index (κ2) is 2.99. The molecule has 0 aliphatic heterocycles. The van der Waals surface area contributed by atoms with Crippen molar-refractivity contribution < 1.29 is 0 Å². The topological polar surface area (TPSA) is 25.8 Å². The van der Waals surface area contributed by atoms with Crippen molar-refractivity contribution >= 4 is 38.6 Å². The lowest BCUT2D eigenvalue weighted by Crippen LogP contribution is -1.84. The Morgan fingerprint density at radius 1 is 1.33 bits per heavy atom. The first-order chi connectivity index (χ1) is 5.77. The van der Waals surface area contributed by atoms with Crippen molar-refractivity contribution in [3.05, 3.63) is 34.0 Å². The van der Waals surface area contributed by atoms with Gasteiger partial charge < -0.3 is 0 Å². The van der Waals surface area contributed by atoms with Gasteiger partial charge in [0.15, 0.2) is 0 Å². The average molecular weight is 243 g/mol. The molecule has 0 amide bonds. The molecule has 1 heterocycles. The monoisotopic (exact) mass is 242 g/mol. The molecule has 0 saturated carbocycles. The van der Waals surface area contributed by atoms with E-state index in [2.05, 4.69) is 25.9 Å². The molecule has 4 heteroatoms. The van der Waals surface area contributed by atoms with Gasteiger partial charge in [-0.25, -0.2) is 4.98 Å². The highest BCUT2D eigenvalue weighted by Gasteiger charge is 2.00. The smallest absolute Gasteiger partial charge is 0.125 e. The van der Waals surface area contributed by atoms with Crippen molar-refractivity contribution in [3.63, 3.8) is 0 Å². The molecule has 1 aromatic carbocycles. The summed E-state index contributed by atoms with van der Waals surface area (Å²) in [4.78, 5) is 8.35. The van der Waals surface area contributed by atoms with Crippen molar-refractivity contribution in [1.29, 1.82) is 0 Å². The van der Waals surface area contributed by atoms with Crippen LogP contribution in [0.15, 0.2) is 29.0 Å². The van der Waals surface area contributed by atoms with E-state index in [1.165, 1.54) is 0 Å². The number of hydrogen-bond acceptors (Lipinski definition) is 2. The van der Waals surface area contributed by atoms with Crippen LogP contribution >= 0.6 is 27.5 Å². The molecule has 0 bridgehead atoms. The quantitative estimate of drug-likeness (QED) is 0.711. The molecule has 60 valence electrons. The third kappa shape index (κ3) is 1.30. The van der Waals surface area contributed by atoms with Crippen molar-refractivity contribution in [3.8, 4) is 0 Å². The molecule has 0 N–H and O–H groups in total. The number of rotatable bonds is 0. The first-order valence-electron chi connectivity index (χ1n) is 3.34. The minimum atomic E-state index is 0.626. The SMILES string of the molecule is Clc1cccc2ncc(Br)nc12. The van der Waals surface area contributed by atoms with Crippen molar-refractivity contribution in [2.24, 2.45) is 0 Å². The van der Waals surface area contributed by atoms with Crippen LogP contribution in [-0.4, -0.2) is 9.97 Å². The molecule has 0 spiro atoms. The Hall–Kier alpha value is -0.670. The van der Waals surface area contributed by atoms with Gasteiger partial charge in [-0.15, -0.1) is 0 Å². The van der Waals surface area contributed by atoms with Gasteiger partial charge in [-0.1, -0.05) is 17.7 Å². The maximum Gasteiger partial charge on any atom is 0.125 e. The van der Waals surface area contributed by atoms with Crippen LogP contribution in [0, 0.1) is 0 Å². The molecule has 2 rings (SSSR count). The summed E-state index contributed by atoms with van der Waals surface area (Å²) < 4.78 is 0.697. The summed E-state index contributed by atoms with van der Waals surface area (Å²) in [5.74, 6) is 0. The van der Waals surface area contributed by atoms with Gasteiger partial charge in [-0.3, -0.25) is 4.98 Å². The van der Waals surface area contributed by atoms with E-state index in [1.54, 1.807) is 12.3 Å². The molecule has 1 aromatic heterocycles. The van der Waals surface area contributed by atoms with Crippen molar-refractivity contribution in [2.45, 2.75) is 0 Å². The zero-order valence-electron chi connectivity index (χ0n) is 5.96. The molecule has 0 fully saturated rings. The van der Waals surface area contributed by atoms with E-state index in [9.17, 15) is 0 Å². The van der Waals surface area contributed by atoms with Crippen LogP contribution in [0.4, 0.5) is 0 Å². The van der Waals surface area contributed by atoms with Gasteiger partial charge in [0, 0.05) is 0 Å². The molecular weight excluding hydrogens is 239 g/mol. The lowest BCUT2D eigenvalue weighted by atomic mass is 10.3. The fraction of sp³-hybridized carbons (Fsp3) is 0. The van der Waals surface area contributed by atoms with Gasteiger partial charge in [-0.05, 0) is 28.1 Å². The van der Waals surface area contributed by atoms with Gasteiger partial charge in [0.05, 0.1) is 16.7 Å². The Morgan fingerprint density at radius 2 is 2.17 bits per heavy atom. The molecule has 0 radical (unpaired) electrons. The van der Waals surface area contributed by atoms with E-state index >= 15 is 0 Å². The lowest BCUT2D eigenvalue weighted by molar-refractivity contribution is 1.25. The minimum Gasteiger partial charge on any atom is -0.252 e. The molecule has 0 unspecified atom stereocenters. The van der Waals surface area contributed by atoms with Crippen LogP contribution < -0.4 is 0 Å². The van der Waals surface area contributed by atoms with Crippen LogP contribution in [0.1, 0.15) is 0 Å². The van der Waals surface area contributed by atoms with E-state index in [0.29, 0.717) is 9.63 Å². The van der Waals surface area contributed by atoms with Gasteiger partial charge in [0.1, 0.15) is 10.1 Å². The average Bonchev–Trinajstić information content (AvgIpc) is 2.07. The van der Waals surface area contributed by atoms with Gasteiger partial charge in [-0.2, -0.15) is 0 Å². The number of para-hydroxylation sites is 1. The third-order valence-electron chi connectivity index (χ3n) is 1.49. The number of fused-ring (bicyclic) bond motifs is 1. The molecule has 2 aromatic rings. The molecule has 0 aliphatic carbocycles. The van der Waals surface area contributed by atoms with Crippen LogP contribution in [0.2, 0.25) is 5.02 Å². The van der Waals surface area contributed by atoms with Crippen molar-refractivity contribution in [2.75, 3.05) is 0 Å². The highest BCUT2D eigenvalue weighted by Crippen LogP contribution is 2.20. The van der Waals surface area contributed by atoms with E-state index in [-0.39, 0.29) is 0 Å². The maximum atomic E-state index is 5.91. The van der Waals surface area contributed by atoms with Gasteiger partial charge in [0.2, 0.25) is 0 Å². The fourth-order valence-electron chi connectivity index (χ4n) is 0.977. The number of nitrogens with zero attached hydrogens (tertiary/aromatic N) is 2. The second-order valence-corrected chi connectivity index (χ2v) is 3.52. The largest absolute Gasteiger partial charge is 0.252 e. The summed E-state index contributed by atoms with van der Waals surface area (Å²) in [6.07, 6.45) is 1.65. The van der Waals surface area contributed by atoms with E-state index < -0.39 is 0 Å². The first kappa shape index (κ1) is 7.95. The Balaban J connectivity index is 2.88. The summed E-state index contributed by atoms with van der Waals surface area (Å²) in [6.45, 7) is 0. The Bertz CT molecular complexity index is 430. The molecule has 0 saturated heterocycles. The van der Waals surface area contributed by atoms with E-state index in [0.717, 1.165) is 11.0 Å². The van der Waals surface area contributed by atoms with Crippen LogP contribution in [0.5, 0.6) is 0 Å². The molecule has 12 heavy (non-hydrogen) atoms. The van der Waals surface area contributed by atoms with Crippen LogP contribution in [0.3, 0.4) is 0 Å². The highest BCUT2D eigenvalue weighted by molar-refractivity contribution is 9.10. The van der Waals surface area contributed by atoms with Crippen molar-refractivity contribution in [1.82, 2.24) is 9.97 Å². The number of benzene rings is 1. The predicted octanol–water partition coefficient (Wildman–Crippen LogP) is 3.05. The van der Waals surface area contributed by atoms with E-state index in [1.807, 2.05) is 12.1 Å². The van der Waals surface area contributed by atoms with Crippen LogP contribution in [-0.2, 0) is 0 Å². The Morgan fingerprint density at radius 3 is 3.00 bits per heavy atom. The predicted molar refractivity (Wildman–Crippen MR) is 52.2 cm³/mol. The minimum absolute atomic E-state index is 0.626. The molecule has 0 atom stereocenters. The fourth-order valence-corrected chi connectivity index (χ4v) is 1.47. The molecule has 2 nitrogen and oxygen atoms in total. The molecular formula is C8H4BrClN2. The molecule has 0 aliphatic rings. The first-order valence-corrected chi connectivity index (χ1v) is 4.51. The second-order valence-electron chi connectivity index (χ2n) is 2.30. The summed E-state index contributed by atoms with van der Waals surface area (Å²) in [5, 5.41) is 0.626. The number of aromatic nitrogens is 2. The normalized spacial score (nSPS) is 10.5. The van der Waals surface area contributed by atoms with E-state index in [4.69, 9.17) is 11.6 Å². The van der Waals surface area contributed by atoms with Crippen LogP contribution in [0.25, 0.3) is 11.0 Å². The maximum absolute atomic E-state index is 5.91. The lowest BCUT2D eigenvalue weighted by Gasteiger charge is -1.97. The van der Waals surface area contributed by atoms with Gasteiger partial charge >= 0.3 is 0 Å². The van der Waals surface area contributed by atoms with Gasteiger partial charge in [0.25, 0.3) is 0 Å². The summed E-state index contributed by atoms with van der Waals surface area (Å²) in [7, 11) is 0. The zero-order valence-corrected chi connectivity index (χ0v) is 8.30. The Kier molecular flexibility index (Phi) is 1.98. The number of hydrogen-bond donors (Lipinski definition) is 0. The summed E-state index contributed by atoms with van der Waals surface area (Å²) >= 11 is 9.14. The zero-order chi connectivity index (χ0) is 8.55. The Labute approximate surface area is 82.7 Å². The third-order valence-corrected chi connectivity index (χ3v) is 2.18. The summed E-state index contributed by atoms with van der Waals surface area (Å²) in [5.41, 5.74) is 1.54.